The molecule has 0 unspecified atom stereocenters. The van der Waals surface area contributed by atoms with E-state index in [4.69, 9.17) is 4.43 Å². The largest absolute Gasteiger partial charge is 0.534 e. The minimum Gasteiger partial charge on any atom is -0.534 e. The van der Waals surface area contributed by atoms with Crippen LogP contribution in [-0.4, -0.2) is 38.6 Å². The molecule has 0 aliphatic heterocycles. The van der Waals surface area contributed by atoms with Crippen LogP contribution in [0, 0.1) is 22.0 Å². The average molecular weight is 587 g/mol. The highest BCUT2D eigenvalue weighted by Crippen LogP contribution is 2.39. The van der Waals surface area contributed by atoms with E-state index in [1.165, 1.54) is 28.6 Å². The SMILES string of the molecule is CC#CCN([C@@H]1C=CC(O[Si](c2ccccc2)(c2ccccc2)C(C)(C)C)=CC1)S(=O)(=O)c1ccc([N+](=O)[O-])cc1. The van der Waals surface area contributed by atoms with Crippen LogP contribution in [0.1, 0.15) is 34.1 Å². The van der Waals surface area contributed by atoms with Crippen LogP contribution in [-0.2, 0) is 14.4 Å². The van der Waals surface area contributed by atoms with Gasteiger partial charge in [-0.3, -0.25) is 10.1 Å². The van der Waals surface area contributed by atoms with Crippen molar-refractivity contribution in [3.05, 3.63) is 119 Å². The Morgan fingerprint density at radius 1 is 0.976 bits per heavy atom. The Kier molecular flexibility index (Phi) is 8.97. The van der Waals surface area contributed by atoms with E-state index in [1.54, 1.807) is 6.92 Å². The second-order valence-corrected chi connectivity index (χ2v) is 16.9. The Morgan fingerprint density at radius 3 is 1.98 bits per heavy atom. The van der Waals surface area contributed by atoms with Crippen molar-refractivity contribution >= 4 is 34.4 Å². The summed E-state index contributed by atoms with van der Waals surface area (Å²) in [6.07, 6.45) is 6.03. The van der Waals surface area contributed by atoms with Crippen molar-refractivity contribution in [3.8, 4) is 11.8 Å². The summed E-state index contributed by atoms with van der Waals surface area (Å²) in [5.41, 5.74) is -0.172. The Morgan fingerprint density at radius 2 is 1.54 bits per heavy atom. The molecule has 0 bridgehead atoms. The van der Waals surface area contributed by atoms with Gasteiger partial charge in [0.25, 0.3) is 5.69 Å². The predicted molar refractivity (Wildman–Crippen MR) is 165 cm³/mol. The molecule has 0 amide bonds. The van der Waals surface area contributed by atoms with Crippen molar-refractivity contribution in [2.24, 2.45) is 0 Å². The van der Waals surface area contributed by atoms with Crippen LogP contribution < -0.4 is 10.4 Å². The molecule has 0 N–H and O–H groups in total. The number of nitro groups is 1. The third-order valence-corrected chi connectivity index (χ3v) is 14.0. The molecule has 0 spiro atoms. The van der Waals surface area contributed by atoms with Crippen LogP contribution in [0.5, 0.6) is 0 Å². The van der Waals surface area contributed by atoms with Crippen molar-refractivity contribution in [1.82, 2.24) is 4.31 Å². The summed E-state index contributed by atoms with van der Waals surface area (Å²) >= 11 is 0. The van der Waals surface area contributed by atoms with Gasteiger partial charge in [0.1, 0.15) is 0 Å². The number of rotatable bonds is 9. The van der Waals surface area contributed by atoms with E-state index in [2.05, 4.69) is 56.9 Å². The molecule has 9 heteroatoms. The van der Waals surface area contributed by atoms with Crippen LogP contribution in [0.4, 0.5) is 5.69 Å². The fraction of sp³-hybridized carbons (Fsp3) is 0.250. The normalized spacial score (nSPS) is 15.5. The van der Waals surface area contributed by atoms with Crippen LogP contribution in [0.25, 0.3) is 0 Å². The second-order valence-electron chi connectivity index (χ2n) is 10.8. The Hall–Kier alpha value is -3.97. The molecule has 0 aromatic heterocycles. The molecular formula is C32H34N2O5SSi. The number of benzene rings is 3. The molecule has 3 aromatic rings. The van der Waals surface area contributed by atoms with Crippen molar-refractivity contribution < 1.29 is 17.8 Å². The number of nitrogens with zero attached hydrogens (tertiary/aromatic N) is 2. The zero-order valence-corrected chi connectivity index (χ0v) is 25.5. The summed E-state index contributed by atoms with van der Waals surface area (Å²) in [5.74, 6) is 6.35. The Labute approximate surface area is 243 Å². The molecule has 4 rings (SSSR count). The number of allylic oxidation sites excluding steroid dienone is 1. The minimum atomic E-state index is -3.98. The van der Waals surface area contributed by atoms with Crippen molar-refractivity contribution in [2.75, 3.05) is 6.54 Å². The van der Waals surface area contributed by atoms with E-state index >= 15 is 0 Å². The zero-order valence-electron chi connectivity index (χ0n) is 23.7. The summed E-state index contributed by atoms with van der Waals surface area (Å²) in [4.78, 5) is 10.5. The lowest BCUT2D eigenvalue weighted by Crippen LogP contribution is -2.66. The lowest BCUT2D eigenvalue weighted by atomic mass is 10.1. The second kappa shape index (κ2) is 12.3. The Bertz CT molecular complexity index is 1560. The molecule has 3 aromatic carbocycles. The first-order valence-electron chi connectivity index (χ1n) is 13.3. The van der Waals surface area contributed by atoms with Crippen molar-refractivity contribution in [1.29, 1.82) is 0 Å². The fourth-order valence-electron chi connectivity index (χ4n) is 5.12. The van der Waals surface area contributed by atoms with Crippen LogP contribution in [0.15, 0.2) is 114 Å². The first-order valence-corrected chi connectivity index (χ1v) is 16.7. The molecule has 0 fully saturated rings. The summed E-state index contributed by atoms with van der Waals surface area (Å²) in [6.45, 7) is 8.26. The highest BCUT2D eigenvalue weighted by molar-refractivity contribution is 7.89. The van der Waals surface area contributed by atoms with Gasteiger partial charge >= 0.3 is 8.32 Å². The smallest absolute Gasteiger partial charge is 0.319 e. The summed E-state index contributed by atoms with van der Waals surface area (Å²) in [7, 11) is -6.82. The van der Waals surface area contributed by atoms with Gasteiger partial charge < -0.3 is 4.43 Å². The van der Waals surface area contributed by atoms with Crippen molar-refractivity contribution in [2.45, 2.75) is 50.1 Å². The minimum absolute atomic E-state index is 0.0103. The molecule has 1 atom stereocenters. The number of nitro benzene ring substituents is 1. The van der Waals surface area contributed by atoms with Crippen molar-refractivity contribution in [3.63, 3.8) is 0 Å². The summed E-state index contributed by atoms with van der Waals surface area (Å²) in [5, 5.41) is 13.1. The van der Waals surface area contributed by atoms with Crippen LogP contribution in [0.2, 0.25) is 5.04 Å². The summed E-state index contributed by atoms with van der Waals surface area (Å²) < 4.78 is 35.7. The molecule has 0 saturated carbocycles. The monoisotopic (exact) mass is 586 g/mol. The van der Waals surface area contributed by atoms with Gasteiger partial charge in [0.15, 0.2) is 0 Å². The molecule has 0 heterocycles. The van der Waals surface area contributed by atoms with E-state index < -0.39 is 29.3 Å². The highest BCUT2D eigenvalue weighted by Gasteiger charge is 2.52. The van der Waals surface area contributed by atoms with Gasteiger partial charge in [-0.05, 0) is 53.0 Å². The maximum atomic E-state index is 13.6. The molecule has 1 aliphatic carbocycles. The van der Waals surface area contributed by atoms with Gasteiger partial charge in [0.05, 0.1) is 22.1 Å². The molecule has 212 valence electrons. The van der Waals surface area contributed by atoms with Crippen LogP contribution >= 0.6 is 0 Å². The molecule has 0 radical (unpaired) electrons. The number of hydrogen-bond donors (Lipinski definition) is 0. The van der Waals surface area contributed by atoms with Gasteiger partial charge in [-0.2, -0.15) is 4.31 Å². The number of non-ortho nitro benzene ring substituents is 1. The van der Waals surface area contributed by atoms with E-state index in [0.717, 1.165) is 10.4 Å². The van der Waals surface area contributed by atoms with Gasteiger partial charge in [0.2, 0.25) is 10.0 Å². The highest BCUT2D eigenvalue weighted by atomic mass is 32.2. The molecular weight excluding hydrogens is 553 g/mol. The molecule has 41 heavy (non-hydrogen) atoms. The van der Waals surface area contributed by atoms with Gasteiger partial charge in [0, 0.05) is 18.2 Å². The lowest BCUT2D eigenvalue weighted by molar-refractivity contribution is -0.384. The van der Waals surface area contributed by atoms with E-state index in [9.17, 15) is 18.5 Å². The first kappa shape index (κ1) is 30.0. The van der Waals surface area contributed by atoms with Gasteiger partial charge in [-0.1, -0.05) is 93.4 Å². The molecule has 1 aliphatic rings. The van der Waals surface area contributed by atoms with Gasteiger partial charge in [-0.15, -0.1) is 5.92 Å². The quantitative estimate of drug-likeness (QED) is 0.145. The standard InChI is InChI=1S/C32H34N2O5SSi/c1-5-6-25-33(40(37,38)29-23-19-27(20-24-29)34(35)36)26-17-21-28(22-18-26)39-41(32(2,3)4,30-13-9-7-10-14-30)31-15-11-8-12-16-31/h7-17,19-24,26H,18,25H2,1-4H3/t26-/m1/s1. The Balaban J connectivity index is 1.68. The average Bonchev–Trinajstić information content (AvgIpc) is 2.97. The fourth-order valence-corrected chi connectivity index (χ4v) is 11.1. The number of sulfonamides is 1. The number of hydrogen-bond acceptors (Lipinski definition) is 5. The van der Waals surface area contributed by atoms with Gasteiger partial charge in [-0.25, -0.2) is 8.42 Å². The molecule has 0 saturated heterocycles. The maximum Gasteiger partial charge on any atom is 0.319 e. The summed E-state index contributed by atoms with van der Waals surface area (Å²) in [6, 6.07) is 25.1. The first-order chi connectivity index (χ1) is 19.5. The van der Waals surface area contributed by atoms with E-state index in [-0.39, 0.29) is 22.2 Å². The van der Waals surface area contributed by atoms with E-state index in [1.807, 2.05) is 54.6 Å². The maximum absolute atomic E-state index is 13.6. The third kappa shape index (κ3) is 6.20. The third-order valence-electron chi connectivity index (χ3n) is 7.17. The van der Waals surface area contributed by atoms with Crippen LogP contribution in [0.3, 0.4) is 0 Å². The zero-order chi connectivity index (χ0) is 29.7. The lowest BCUT2D eigenvalue weighted by Gasteiger charge is -2.43. The topological polar surface area (TPSA) is 89.8 Å². The predicted octanol–water partition coefficient (Wildman–Crippen LogP) is 5.40. The van der Waals surface area contributed by atoms with E-state index in [0.29, 0.717) is 12.2 Å². The molecule has 7 nitrogen and oxygen atoms in total.